The molecule has 9 heteroatoms. The number of carbonyl (C=O) groups excluding carboxylic acids is 2. The number of alkyl halides is 3. The number of hydrogen-bond acceptors (Lipinski definition) is 6. The zero-order valence-electron chi connectivity index (χ0n) is 25.1. The molecule has 5 rings (SSSR count). The van der Waals surface area contributed by atoms with Crippen molar-refractivity contribution in [2.24, 2.45) is 0 Å². The summed E-state index contributed by atoms with van der Waals surface area (Å²) in [4.78, 5) is 29.3. The molecule has 0 aliphatic rings. The molecule has 0 radical (unpaired) electrons. The minimum Gasteiger partial charge on any atom is -0.457 e. The molecular weight excluding hydrogens is 603 g/mol. The summed E-state index contributed by atoms with van der Waals surface area (Å²) in [5, 5.41) is 13.8. The van der Waals surface area contributed by atoms with Gasteiger partial charge in [-0.25, -0.2) is 0 Å². The van der Waals surface area contributed by atoms with Gasteiger partial charge in [-0.3, -0.25) is 14.6 Å². The number of pyridine rings is 1. The van der Waals surface area contributed by atoms with E-state index >= 15 is 0 Å². The normalized spacial score (nSPS) is 11.0. The second-order valence-corrected chi connectivity index (χ2v) is 10.9. The molecule has 1 heterocycles. The quantitative estimate of drug-likeness (QED) is 0.139. The average Bonchev–Trinajstić information content (AvgIpc) is 3.04. The number of Topliss-reactive ketones (excluding diaryl/α,β-unsaturated/α-hetero) is 2. The highest BCUT2D eigenvalue weighted by molar-refractivity contribution is 5.96. The minimum atomic E-state index is -4.47. The van der Waals surface area contributed by atoms with E-state index in [1.165, 1.54) is 18.3 Å². The highest BCUT2D eigenvalue weighted by atomic mass is 19.4. The third-order valence-corrected chi connectivity index (χ3v) is 7.32. The molecule has 1 aromatic heterocycles. The fourth-order valence-electron chi connectivity index (χ4n) is 5.08. The number of carbonyl (C=O) groups is 2. The smallest absolute Gasteiger partial charge is 0.416 e. The van der Waals surface area contributed by atoms with Crippen LogP contribution in [0.5, 0.6) is 11.5 Å². The van der Waals surface area contributed by atoms with E-state index in [1.807, 2.05) is 18.2 Å². The zero-order chi connectivity index (χ0) is 33.4. The molecule has 0 saturated carbocycles. The van der Waals surface area contributed by atoms with Crippen molar-refractivity contribution in [3.8, 4) is 29.9 Å². The van der Waals surface area contributed by atoms with Crippen LogP contribution in [-0.2, 0) is 35.0 Å². The number of ether oxygens (including phenoxy) is 1. The number of fused-ring (bicyclic) bond motifs is 1. The summed E-state index contributed by atoms with van der Waals surface area (Å²) in [6.07, 6.45) is 3.15. The molecule has 0 aliphatic carbocycles. The van der Waals surface area contributed by atoms with E-state index in [1.54, 1.807) is 48.5 Å². The number of halogens is 3. The van der Waals surface area contributed by atoms with Crippen LogP contribution in [0.2, 0.25) is 0 Å². The van der Waals surface area contributed by atoms with Crippen LogP contribution in [0.1, 0.15) is 40.7 Å². The second kappa shape index (κ2) is 14.4. The van der Waals surface area contributed by atoms with Crippen molar-refractivity contribution in [3.05, 3.63) is 125 Å². The maximum absolute atomic E-state index is 13.0. The van der Waals surface area contributed by atoms with Gasteiger partial charge in [0, 0.05) is 49.4 Å². The zero-order valence-corrected chi connectivity index (χ0v) is 25.1. The number of hydrogen-bond donors (Lipinski definition) is 1. The van der Waals surface area contributed by atoms with Gasteiger partial charge in [-0.05, 0) is 71.3 Å². The maximum atomic E-state index is 13.0. The van der Waals surface area contributed by atoms with E-state index in [-0.39, 0.29) is 30.8 Å². The Morgan fingerprint density at radius 3 is 2.21 bits per heavy atom. The van der Waals surface area contributed by atoms with Crippen LogP contribution < -0.4 is 10.1 Å². The summed E-state index contributed by atoms with van der Waals surface area (Å²) in [7, 11) is 0. The number of nitrogens with one attached hydrogen (secondary N) is 1. The minimum absolute atomic E-state index is 0.0315. The molecule has 0 amide bonds. The topological polar surface area (TPSA) is 92.1 Å². The predicted molar refractivity (Wildman–Crippen MR) is 173 cm³/mol. The Hall–Kier alpha value is -5.93. The maximum Gasteiger partial charge on any atom is 0.416 e. The van der Waals surface area contributed by atoms with Crippen molar-refractivity contribution in [1.29, 1.82) is 5.26 Å². The van der Waals surface area contributed by atoms with Crippen LogP contribution in [0, 0.1) is 23.7 Å². The molecule has 47 heavy (non-hydrogen) atoms. The Balaban J connectivity index is 1.26. The largest absolute Gasteiger partial charge is 0.457 e. The first kappa shape index (κ1) is 32.5. The monoisotopic (exact) mass is 631 g/mol. The van der Waals surface area contributed by atoms with Crippen molar-refractivity contribution in [2.45, 2.75) is 38.3 Å². The first-order valence-electron chi connectivity index (χ1n) is 14.7. The fraction of sp³-hybridized carbons (Fsp3) is 0.158. The van der Waals surface area contributed by atoms with E-state index in [0.717, 1.165) is 17.7 Å². The highest BCUT2D eigenvalue weighted by Crippen LogP contribution is 2.32. The van der Waals surface area contributed by atoms with Crippen molar-refractivity contribution in [1.82, 2.24) is 4.98 Å². The Morgan fingerprint density at radius 1 is 0.830 bits per heavy atom. The van der Waals surface area contributed by atoms with E-state index in [0.29, 0.717) is 63.3 Å². The second-order valence-electron chi connectivity index (χ2n) is 10.9. The van der Waals surface area contributed by atoms with Crippen LogP contribution in [-0.4, -0.2) is 16.6 Å². The number of rotatable bonds is 12. The van der Waals surface area contributed by atoms with Gasteiger partial charge in [0.15, 0.2) is 0 Å². The van der Waals surface area contributed by atoms with E-state index in [2.05, 4.69) is 22.3 Å². The van der Waals surface area contributed by atoms with Crippen molar-refractivity contribution in [3.63, 3.8) is 0 Å². The van der Waals surface area contributed by atoms with Crippen LogP contribution in [0.4, 0.5) is 24.5 Å². The van der Waals surface area contributed by atoms with Gasteiger partial charge >= 0.3 is 6.18 Å². The molecular formula is C38H28F3N3O3. The van der Waals surface area contributed by atoms with Crippen LogP contribution in [0.15, 0.2) is 97.2 Å². The first-order valence-corrected chi connectivity index (χ1v) is 14.7. The number of terminal acetylenes is 1. The van der Waals surface area contributed by atoms with Crippen molar-refractivity contribution in [2.75, 3.05) is 5.32 Å². The number of aromatic nitrogens is 1. The standard InChI is InChI=1S/C38H28F3N3O3/c1-2-3-9-31(45)18-27-11-16-36-35(22-27)37(28(23-42)24-43-36)44-30-12-14-33(15-13-30)47-34-10-5-7-26(21-34)20-32(46)19-25-6-4-8-29(17-25)38(39,40)41/h1,4-8,10-17,21-22,24H,3,9,18-20H2,(H,43,44). The Kier molecular flexibility index (Phi) is 9.98. The number of ketones is 2. The predicted octanol–water partition coefficient (Wildman–Crippen LogP) is 8.54. The lowest BCUT2D eigenvalue weighted by molar-refractivity contribution is -0.137. The third kappa shape index (κ3) is 8.62. The molecule has 0 spiro atoms. The molecule has 1 N–H and O–H groups in total. The van der Waals surface area contributed by atoms with Gasteiger partial charge in [0.05, 0.1) is 22.3 Å². The summed E-state index contributed by atoms with van der Waals surface area (Å²) in [6, 6.07) is 26.5. The number of nitriles is 1. The van der Waals surface area contributed by atoms with Gasteiger partial charge in [-0.2, -0.15) is 18.4 Å². The fourth-order valence-corrected chi connectivity index (χ4v) is 5.08. The molecule has 6 nitrogen and oxygen atoms in total. The van der Waals surface area contributed by atoms with Gasteiger partial charge in [0.25, 0.3) is 0 Å². The molecule has 0 atom stereocenters. The molecule has 0 aliphatic heterocycles. The van der Waals surface area contributed by atoms with Gasteiger partial charge < -0.3 is 10.1 Å². The lowest BCUT2D eigenvalue weighted by Gasteiger charge is -2.13. The molecule has 0 bridgehead atoms. The Bertz CT molecular complexity index is 2020. The van der Waals surface area contributed by atoms with Crippen LogP contribution in [0.25, 0.3) is 10.9 Å². The summed E-state index contributed by atoms with van der Waals surface area (Å²) in [5.74, 6) is 3.30. The molecule has 4 aromatic carbocycles. The highest BCUT2D eigenvalue weighted by Gasteiger charge is 2.30. The molecule has 0 saturated heterocycles. The molecule has 5 aromatic rings. The Morgan fingerprint density at radius 2 is 1.51 bits per heavy atom. The van der Waals surface area contributed by atoms with Crippen molar-refractivity contribution >= 4 is 33.8 Å². The van der Waals surface area contributed by atoms with Crippen LogP contribution >= 0.6 is 0 Å². The number of nitrogens with zero attached hydrogens (tertiary/aromatic N) is 2. The number of benzene rings is 4. The average molecular weight is 632 g/mol. The van der Waals surface area contributed by atoms with Gasteiger partial charge in [0.1, 0.15) is 29.1 Å². The first-order chi connectivity index (χ1) is 22.6. The lowest BCUT2D eigenvalue weighted by Crippen LogP contribution is -2.09. The van der Waals surface area contributed by atoms with Crippen molar-refractivity contribution < 1.29 is 27.5 Å². The van der Waals surface area contributed by atoms with E-state index in [4.69, 9.17) is 11.2 Å². The van der Waals surface area contributed by atoms with Gasteiger partial charge in [0.2, 0.25) is 0 Å². The summed E-state index contributed by atoms with van der Waals surface area (Å²) < 4.78 is 45.1. The SMILES string of the molecule is C#CCCC(=O)Cc1ccc2ncc(C#N)c(Nc3ccc(Oc4cccc(CC(=O)Cc5cccc(C(F)(F)F)c5)c4)cc3)c2c1. The lowest BCUT2D eigenvalue weighted by atomic mass is 10.0. The summed E-state index contributed by atoms with van der Waals surface area (Å²) in [6.45, 7) is 0. The van der Waals surface area contributed by atoms with Gasteiger partial charge in [-0.15, -0.1) is 12.3 Å². The van der Waals surface area contributed by atoms with E-state index in [9.17, 15) is 28.0 Å². The summed E-state index contributed by atoms with van der Waals surface area (Å²) >= 11 is 0. The third-order valence-electron chi connectivity index (χ3n) is 7.32. The Labute approximate surface area is 269 Å². The summed E-state index contributed by atoms with van der Waals surface area (Å²) in [5.41, 5.74) is 3.24. The van der Waals surface area contributed by atoms with Gasteiger partial charge in [-0.1, -0.05) is 36.4 Å². The molecule has 0 fully saturated rings. The molecule has 234 valence electrons. The van der Waals surface area contributed by atoms with E-state index < -0.39 is 11.7 Å². The molecule has 0 unspecified atom stereocenters. The number of anilines is 2. The van der Waals surface area contributed by atoms with Crippen LogP contribution in [0.3, 0.4) is 0 Å².